The maximum atomic E-state index is 12.1. The highest BCUT2D eigenvalue weighted by molar-refractivity contribution is 7.12. The van der Waals surface area contributed by atoms with Crippen LogP contribution < -0.4 is 10.1 Å². The van der Waals surface area contributed by atoms with Gasteiger partial charge in [-0.25, -0.2) is 4.98 Å². The lowest BCUT2D eigenvalue weighted by molar-refractivity contribution is 0.102. The molecular formula is C13H14N2O2S. The minimum atomic E-state index is -0.195. The SMILES string of the molecule is COc1ccsc1C(=O)Nc1cc(C)cc(C)n1. The largest absolute Gasteiger partial charge is 0.495 e. The van der Waals surface area contributed by atoms with E-state index in [0.29, 0.717) is 16.4 Å². The van der Waals surface area contributed by atoms with Gasteiger partial charge in [0.2, 0.25) is 0 Å². The number of aromatic nitrogens is 1. The van der Waals surface area contributed by atoms with E-state index < -0.39 is 0 Å². The van der Waals surface area contributed by atoms with Crippen molar-refractivity contribution in [2.75, 3.05) is 12.4 Å². The summed E-state index contributed by atoms with van der Waals surface area (Å²) in [6.45, 7) is 3.87. The molecule has 18 heavy (non-hydrogen) atoms. The van der Waals surface area contributed by atoms with Gasteiger partial charge in [0.25, 0.3) is 5.91 Å². The van der Waals surface area contributed by atoms with Gasteiger partial charge in [0.15, 0.2) is 0 Å². The topological polar surface area (TPSA) is 51.2 Å². The Morgan fingerprint density at radius 1 is 1.39 bits per heavy atom. The molecule has 0 aliphatic heterocycles. The fourth-order valence-corrected chi connectivity index (χ4v) is 2.46. The Hall–Kier alpha value is -1.88. The zero-order valence-corrected chi connectivity index (χ0v) is 11.3. The van der Waals surface area contributed by atoms with Gasteiger partial charge in [-0.1, -0.05) is 0 Å². The smallest absolute Gasteiger partial charge is 0.270 e. The second kappa shape index (κ2) is 5.18. The van der Waals surface area contributed by atoms with Crippen molar-refractivity contribution in [3.05, 3.63) is 39.7 Å². The Morgan fingerprint density at radius 2 is 2.17 bits per heavy atom. The first-order valence-corrected chi connectivity index (χ1v) is 6.36. The number of nitrogens with one attached hydrogen (secondary N) is 1. The summed E-state index contributed by atoms with van der Waals surface area (Å²) in [6.07, 6.45) is 0. The zero-order valence-electron chi connectivity index (χ0n) is 10.5. The average Bonchev–Trinajstić information content (AvgIpc) is 2.75. The van der Waals surface area contributed by atoms with Gasteiger partial charge < -0.3 is 10.1 Å². The maximum absolute atomic E-state index is 12.1. The summed E-state index contributed by atoms with van der Waals surface area (Å²) in [5, 5.41) is 4.60. The van der Waals surface area contributed by atoms with Crippen LogP contribution in [0.2, 0.25) is 0 Å². The molecule has 4 nitrogen and oxygen atoms in total. The highest BCUT2D eigenvalue weighted by Gasteiger charge is 2.14. The molecule has 1 amide bonds. The third-order valence-electron chi connectivity index (χ3n) is 2.39. The van der Waals surface area contributed by atoms with Crippen LogP contribution in [-0.2, 0) is 0 Å². The third-order valence-corrected chi connectivity index (χ3v) is 3.29. The molecular weight excluding hydrogens is 248 g/mol. The predicted molar refractivity (Wildman–Crippen MR) is 72.5 cm³/mol. The number of ether oxygens (including phenoxy) is 1. The lowest BCUT2D eigenvalue weighted by Gasteiger charge is -2.06. The highest BCUT2D eigenvalue weighted by Crippen LogP contribution is 2.25. The zero-order chi connectivity index (χ0) is 13.1. The lowest BCUT2D eigenvalue weighted by Crippen LogP contribution is -2.12. The standard InChI is InChI=1S/C13H14N2O2S/c1-8-6-9(2)14-11(7-8)15-13(16)12-10(17-3)4-5-18-12/h4-7H,1-3H3,(H,14,15,16). The Morgan fingerprint density at radius 3 is 2.83 bits per heavy atom. The molecule has 94 valence electrons. The number of rotatable bonds is 3. The Kier molecular flexibility index (Phi) is 3.62. The average molecular weight is 262 g/mol. The lowest BCUT2D eigenvalue weighted by atomic mass is 10.2. The van der Waals surface area contributed by atoms with E-state index in [1.165, 1.54) is 11.3 Å². The van der Waals surface area contributed by atoms with Crippen molar-refractivity contribution in [2.45, 2.75) is 13.8 Å². The van der Waals surface area contributed by atoms with Crippen LogP contribution in [0.3, 0.4) is 0 Å². The van der Waals surface area contributed by atoms with Crippen molar-refractivity contribution in [1.29, 1.82) is 0 Å². The second-order valence-electron chi connectivity index (χ2n) is 3.94. The molecule has 0 aromatic carbocycles. The van der Waals surface area contributed by atoms with Crippen LogP contribution in [0.15, 0.2) is 23.6 Å². The molecule has 0 saturated heterocycles. The monoisotopic (exact) mass is 262 g/mol. The number of methoxy groups -OCH3 is 1. The first kappa shape index (κ1) is 12.6. The number of anilines is 1. The quantitative estimate of drug-likeness (QED) is 0.925. The van der Waals surface area contributed by atoms with Gasteiger partial charge in [0, 0.05) is 5.69 Å². The number of nitrogens with zero attached hydrogens (tertiary/aromatic N) is 1. The fraction of sp³-hybridized carbons (Fsp3) is 0.231. The van der Waals surface area contributed by atoms with E-state index in [9.17, 15) is 4.79 Å². The van der Waals surface area contributed by atoms with Crippen molar-refractivity contribution in [1.82, 2.24) is 4.98 Å². The number of pyridine rings is 1. The van der Waals surface area contributed by atoms with Gasteiger partial charge in [-0.3, -0.25) is 4.79 Å². The molecule has 0 fully saturated rings. The van der Waals surface area contributed by atoms with Gasteiger partial charge in [-0.2, -0.15) is 0 Å². The normalized spacial score (nSPS) is 10.2. The number of carbonyl (C=O) groups excluding carboxylic acids is 1. The van der Waals surface area contributed by atoms with Gasteiger partial charge in [0.1, 0.15) is 16.4 Å². The molecule has 0 unspecified atom stereocenters. The van der Waals surface area contributed by atoms with Crippen molar-refractivity contribution < 1.29 is 9.53 Å². The molecule has 5 heteroatoms. The predicted octanol–water partition coefficient (Wildman–Crippen LogP) is 3.02. The van der Waals surface area contributed by atoms with E-state index in [1.54, 1.807) is 13.2 Å². The fourth-order valence-electron chi connectivity index (χ4n) is 1.70. The number of amides is 1. The number of thiophene rings is 1. The molecule has 0 bridgehead atoms. The molecule has 0 aliphatic rings. The summed E-state index contributed by atoms with van der Waals surface area (Å²) < 4.78 is 5.12. The number of hydrogen-bond acceptors (Lipinski definition) is 4. The van der Waals surface area contributed by atoms with E-state index in [-0.39, 0.29) is 5.91 Å². The first-order valence-electron chi connectivity index (χ1n) is 5.48. The molecule has 0 atom stereocenters. The van der Waals surface area contributed by atoms with E-state index in [1.807, 2.05) is 31.4 Å². The molecule has 2 rings (SSSR count). The molecule has 2 aromatic rings. The second-order valence-corrected chi connectivity index (χ2v) is 4.86. The van der Waals surface area contributed by atoms with E-state index in [2.05, 4.69) is 10.3 Å². The molecule has 1 N–H and O–H groups in total. The van der Waals surface area contributed by atoms with Gasteiger partial charge in [0.05, 0.1) is 7.11 Å². The van der Waals surface area contributed by atoms with Crippen LogP contribution in [0, 0.1) is 13.8 Å². The third kappa shape index (κ3) is 2.68. The Balaban J connectivity index is 2.21. The molecule has 0 radical (unpaired) electrons. The van der Waals surface area contributed by atoms with Crippen LogP contribution in [0.25, 0.3) is 0 Å². The van der Waals surface area contributed by atoms with Crippen LogP contribution in [0.5, 0.6) is 5.75 Å². The van der Waals surface area contributed by atoms with Gasteiger partial charge in [-0.05, 0) is 43.0 Å². The summed E-state index contributed by atoms with van der Waals surface area (Å²) in [6, 6.07) is 5.57. The van der Waals surface area contributed by atoms with Crippen molar-refractivity contribution in [3.63, 3.8) is 0 Å². The summed E-state index contributed by atoms with van der Waals surface area (Å²) in [5.74, 6) is 0.953. The van der Waals surface area contributed by atoms with Crippen LogP contribution in [0.1, 0.15) is 20.9 Å². The van der Waals surface area contributed by atoms with E-state index in [4.69, 9.17) is 4.74 Å². The van der Waals surface area contributed by atoms with Crippen molar-refractivity contribution in [3.8, 4) is 5.75 Å². The molecule has 0 spiro atoms. The molecule has 2 heterocycles. The maximum Gasteiger partial charge on any atom is 0.270 e. The van der Waals surface area contributed by atoms with Crippen LogP contribution in [-0.4, -0.2) is 18.0 Å². The van der Waals surface area contributed by atoms with Crippen molar-refractivity contribution >= 4 is 23.1 Å². The van der Waals surface area contributed by atoms with Crippen LogP contribution in [0.4, 0.5) is 5.82 Å². The summed E-state index contributed by atoms with van der Waals surface area (Å²) in [7, 11) is 1.55. The molecule has 2 aromatic heterocycles. The first-order chi connectivity index (χ1) is 8.60. The molecule has 0 saturated carbocycles. The van der Waals surface area contributed by atoms with Gasteiger partial charge >= 0.3 is 0 Å². The number of aryl methyl sites for hydroxylation is 2. The van der Waals surface area contributed by atoms with E-state index >= 15 is 0 Å². The van der Waals surface area contributed by atoms with E-state index in [0.717, 1.165) is 11.3 Å². The van der Waals surface area contributed by atoms with Crippen LogP contribution >= 0.6 is 11.3 Å². The Labute approximate surface area is 110 Å². The Bertz CT molecular complexity index is 558. The summed E-state index contributed by atoms with van der Waals surface area (Å²) >= 11 is 1.35. The number of carbonyl (C=O) groups is 1. The summed E-state index contributed by atoms with van der Waals surface area (Å²) in [4.78, 5) is 16.9. The minimum absolute atomic E-state index is 0.195. The molecule has 0 aliphatic carbocycles. The number of hydrogen-bond donors (Lipinski definition) is 1. The minimum Gasteiger partial charge on any atom is -0.495 e. The summed E-state index contributed by atoms with van der Waals surface area (Å²) in [5.41, 5.74) is 1.94. The highest BCUT2D eigenvalue weighted by atomic mass is 32.1. The van der Waals surface area contributed by atoms with Crippen molar-refractivity contribution in [2.24, 2.45) is 0 Å². The van der Waals surface area contributed by atoms with Gasteiger partial charge in [-0.15, -0.1) is 11.3 Å².